The fourth-order valence-electron chi connectivity index (χ4n) is 1.79. The number of halogens is 1. The lowest BCUT2D eigenvalue weighted by atomic mass is 10.1. The van der Waals surface area contributed by atoms with Crippen molar-refractivity contribution < 1.29 is 9.53 Å². The van der Waals surface area contributed by atoms with E-state index >= 15 is 0 Å². The van der Waals surface area contributed by atoms with Gasteiger partial charge < -0.3 is 15.8 Å². The molecule has 0 radical (unpaired) electrons. The molecule has 0 aliphatic heterocycles. The van der Waals surface area contributed by atoms with Gasteiger partial charge in [0.2, 0.25) is 0 Å². The van der Waals surface area contributed by atoms with Crippen LogP contribution in [0.15, 0.2) is 30.3 Å². The van der Waals surface area contributed by atoms with Gasteiger partial charge in [-0.1, -0.05) is 30.3 Å². The van der Waals surface area contributed by atoms with Crippen LogP contribution in [0, 0.1) is 0 Å². The van der Waals surface area contributed by atoms with Gasteiger partial charge in [0.15, 0.2) is 0 Å². The van der Waals surface area contributed by atoms with E-state index in [2.05, 4.69) is 17.4 Å². The number of benzene rings is 1. The van der Waals surface area contributed by atoms with Gasteiger partial charge in [-0.15, -0.1) is 12.4 Å². The normalized spacial score (nSPS) is 14.0. The van der Waals surface area contributed by atoms with Gasteiger partial charge in [0.1, 0.15) is 11.6 Å². The van der Waals surface area contributed by atoms with E-state index in [1.807, 2.05) is 39.0 Å². The summed E-state index contributed by atoms with van der Waals surface area (Å²) in [6, 6.07) is 9.71. The quantitative estimate of drug-likeness (QED) is 0.791. The number of ether oxygens (including phenoxy) is 1. The van der Waals surface area contributed by atoms with Crippen molar-refractivity contribution in [2.75, 3.05) is 6.54 Å². The van der Waals surface area contributed by atoms with Crippen LogP contribution in [0.25, 0.3) is 0 Å². The highest BCUT2D eigenvalue weighted by Gasteiger charge is 2.21. The zero-order valence-corrected chi connectivity index (χ0v) is 14.1. The third-order valence-electron chi connectivity index (χ3n) is 2.79. The molecule has 0 aromatic heterocycles. The number of carbonyl (C=O) groups excluding carboxylic acids is 1. The topological polar surface area (TPSA) is 64.3 Å². The largest absolute Gasteiger partial charge is 0.459 e. The van der Waals surface area contributed by atoms with Crippen LogP contribution in [0.1, 0.15) is 33.3 Å². The Bertz CT molecular complexity index is 418. The summed E-state index contributed by atoms with van der Waals surface area (Å²) in [5, 5.41) is 3.13. The van der Waals surface area contributed by atoms with Crippen molar-refractivity contribution in [3.8, 4) is 0 Å². The second-order valence-corrected chi connectivity index (χ2v) is 6.11. The molecule has 0 aliphatic carbocycles. The summed E-state index contributed by atoms with van der Waals surface area (Å²) in [6.07, 6.45) is 0.787. The molecule has 4 nitrogen and oxygen atoms in total. The lowest BCUT2D eigenvalue weighted by molar-refractivity contribution is -0.156. The first-order valence-electron chi connectivity index (χ1n) is 7.03. The predicted octanol–water partition coefficient (Wildman–Crippen LogP) is 2.30. The Morgan fingerprint density at radius 3 is 2.38 bits per heavy atom. The molecule has 0 unspecified atom stereocenters. The zero-order valence-electron chi connectivity index (χ0n) is 13.3. The first-order chi connectivity index (χ1) is 9.28. The van der Waals surface area contributed by atoms with Crippen LogP contribution in [0.2, 0.25) is 0 Å². The van der Waals surface area contributed by atoms with E-state index in [0.29, 0.717) is 6.54 Å². The van der Waals surface area contributed by atoms with E-state index in [9.17, 15) is 4.79 Å². The van der Waals surface area contributed by atoms with Crippen LogP contribution in [0.4, 0.5) is 0 Å². The maximum Gasteiger partial charge on any atom is 0.323 e. The molecule has 0 fully saturated rings. The van der Waals surface area contributed by atoms with Crippen LogP contribution >= 0.6 is 12.4 Å². The van der Waals surface area contributed by atoms with Crippen molar-refractivity contribution in [1.82, 2.24) is 5.32 Å². The van der Waals surface area contributed by atoms with Crippen molar-refractivity contribution in [1.29, 1.82) is 0 Å². The third-order valence-corrected chi connectivity index (χ3v) is 2.79. The van der Waals surface area contributed by atoms with Gasteiger partial charge in [-0.3, -0.25) is 4.79 Å². The average Bonchev–Trinajstić information content (AvgIpc) is 2.35. The van der Waals surface area contributed by atoms with Crippen molar-refractivity contribution >= 4 is 18.4 Å². The first-order valence-corrected chi connectivity index (χ1v) is 7.03. The summed E-state index contributed by atoms with van der Waals surface area (Å²) in [5.74, 6) is -0.246. The number of esters is 1. The van der Waals surface area contributed by atoms with E-state index < -0.39 is 5.60 Å². The summed E-state index contributed by atoms with van der Waals surface area (Å²) in [4.78, 5) is 11.8. The van der Waals surface area contributed by atoms with E-state index in [0.717, 1.165) is 6.42 Å². The third kappa shape index (κ3) is 8.71. The van der Waals surface area contributed by atoms with Crippen LogP contribution in [-0.4, -0.2) is 30.2 Å². The molecule has 1 aromatic rings. The molecule has 5 heteroatoms. The van der Waals surface area contributed by atoms with E-state index in [1.54, 1.807) is 6.92 Å². The molecular weight excluding hydrogens is 288 g/mol. The van der Waals surface area contributed by atoms with Gasteiger partial charge in [-0.25, -0.2) is 0 Å². The Morgan fingerprint density at radius 1 is 1.29 bits per heavy atom. The summed E-state index contributed by atoms with van der Waals surface area (Å²) < 4.78 is 5.31. The second-order valence-electron chi connectivity index (χ2n) is 6.11. The highest BCUT2D eigenvalue weighted by atomic mass is 35.5. The molecule has 120 valence electrons. The lowest BCUT2D eigenvalue weighted by Gasteiger charge is -2.23. The summed E-state index contributed by atoms with van der Waals surface area (Å²) >= 11 is 0. The fraction of sp³-hybridized carbons (Fsp3) is 0.562. The molecule has 0 aliphatic rings. The lowest BCUT2D eigenvalue weighted by Crippen LogP contribution is -2.45. The van der Waals surface area contributed by atoms with Crippen molar-refractivity contribution in [2.45, 2.75) is 51.8 Å². The Hall–Kier alpha value is -1.10. The van der Waals surface area contributed by atoms with E-state index in [4.69, 9.17) is 10.5 Å². The minimum Gasteiger partial charge on any atom is -0.459 e. The molecule has 0 saturated heterocycles. The van der Waals surface area contributed by atoms with Crippen molar-refractivity contribution in [2.24, 2.45) is 5.73 Å². The molecule has 1 aromatic carbocycles. The van der Waals surface area contributed by atoms with Gasteiger partial charge in [-0.05, 0) is 39.7 Å². The molecule has 3 N–H and O–H groups in total. The fourth-order valence-corrected chi connectivity index (χ4v) is 1.79. The molecule has 1 rings (SSSR count). The highest BCUT2D eigenvalue weighted by Crippen LogP contribution is 2.08. The Morgan fingerprint density at radius 2 is 1.86 bits per heavy atom. The summed E-state index contributed by atoms with van der Waals surface area (Å²) in [5.41, 5.74) is 6.81. The SMILES string of the molecule is C[C@H](NC[C@@H](N)Cc1ccccc1)C(=O)OC(C)(C)C.Cl. The minimum absolute atomic E-state index is 0. The average molecular weight is 315 g/mol. The molecule has 2 atom stereocenters. The number of carbonyl (C=O) groups is 1. The number of nitrogens with one attached hydrogen (secondary N) is 1. The standard InChI is InChI=1S/C16H26N2O2.ClH/c1-12(15(19)20-16(2,3)4)18-11-14(17)10-13-8-6-5-7-9-13;/h5-9,12,14,18H,10-11,17H2,1-4H3;1H/t12-,14-;/m0./s1. The molecule has 0 amide bonds. The molecule has 0 bridgehead atoms. The molecule has 0 heterocycles. The van der Waals surface area contributed by atoms with E-state index in [1.165, 1.54) is 5.56 Å². The second kappa shape index (κ2) is 9.03. The maximum atomic E-state index is 11.8. The van der Waals surface area contributed by atoms with Gasteiger partial charge in [0.05, 0.1) is 0 Å². The molecule has 0 spiro atoms. The van der Waals surface area contributed by atoms with E-state index in [-0.39, 0.29) is 30.5 Å². The van der Waals surface area contributed by atoms with Crippen LogP contribution in [0.5, 0.6) is 0 Å². The van der Waals surface area contributed by atoms with Crippen LogP contribution in [0.3, 0.4) is 0 Å². The maximum absolute atomic E-state index is 11.8. The molecular formula is C16H27ClN2O2. The van der Waals surface area contributed by atoms with Crippen molar-refractivity contribution in [3.05, 3.63) is 35.9 Å². The number of rotatable bonds is 6. The number of hydrogen-bond donors (Lipinski definition) is 2. The smallest absolute Gasteiger partial charge is 0.323 e. The monoisotopic (exact) mass is 314 g/mol. The molecule has 21 heavy (non-hydrogen) atoms. The van der Waals surface area contributed by atoms with Crippen LogP contribution in [-0.2, 0) is 16.0 Å². The van der Waals surface area contributed by atoms with Gasteiger partial charge in [-0.2, -0.15) is 0 Å². The van der Waals surface area contributed by atoms with Gasteiger partial charge >= 0.3 is 5.97 Å². The van der Waals surface area contributed by atoms with Gasteiger partial charge in [0, 0.05) is 12.6 Å². The zero-order chi connectivity index (χ0) is 15.2. The summed E-state index contributed by atoms with van der Waals surface area (Å²) in [7, 11) is 0. The highest BCUT2D eigenvalue weighted by molar-refractivity contribution is 5.85. The molecule has 0 saturated carbocycles. The Labute approximate surface area is 133 Å². The first kappa shape index (κ1) is 19.9. The number of nitrogens with two attached hydrogens (primary N) is 1. The number of hydrogen-bond acceptors (Lipinski definition) is 4. The summed E-state index contributed by atoms with van der Waals surface area (Å²) in [6.45, 7) is 7.95. The Kier molecular flexibility index (Phi) is 8.55. The van der Waals surface area contributed by atoms with Gasteiger partial charge in [0.25, 0.3) is 0 Å². The van der Waals surface area contributed by atoms with Crippen molar-refractivity contribution in [3.63, 3.8) is 0 Å². The van der Waals surface area contributed by atoms with Crippen LogP contribution < -0.4 is 11.1 Å². The minimum atomic E-state index is -0.459. The Balaban J connectivity index is 0.00000400. The predicted molar refractivity (Wildman–Crippen MR) is 88.7 cm³/mol.